The lowest BCUT2D eigenvalue weighted by Gasteiger charge is -2.14. The minimum Gasteiger partial charge on any atom is -0.0741 e. The Morgan fingerprint density at radius 1 is 0.216 bits per heavy atom. The van der Waals surface area contributed by atoms with Crippen molar-refractivity contribution in [3.8, 4) is 0 Å². The van der Waals surface area contributed by atoms with Gasteiger partial charge in [-0.15, -0.1) is 0 Å². The van der Waals surface area contributed by atoms with Crippen molar-refractivity contribution in [2.24, 2.45) is 0 Å². The van der Waals surface area contributed by atoms with Gasteiger partial charge in [-0.25, -0.2) is 0 Å². The second-order valence-corrected chi connectivity index (χ2v) is 12.8. The molecule has 0 saturated carbocycles. The van der Waals surface area contributed by atoms with Gasteiger partial charge in [-0.05, 0) is 0 Å². The molecule has 0 fully saturated rings. The summed E-state index contributed by atoms with van der Waals surface area (Å²) in [5, 5.41) is 0. The lowest BCUT2D eigenvalue weighted by atomic mass is 9.41. The molecule has 0 bridgehead atoms. The molecule has 0 amide bonds. The van der Waals surface area contributed by atoms with E-state index in [1.54, 1.807) is 0 Å². The Labute approximate surface area is 238 Å². The van der Waals surface area contributed by atoms with Crippen LogP contribution in [0.25, 0.3) is 0 Å². The molecule has 37 heavy (non-hydrogen) atoms. The van der Waals surface area contributed by atoms with Crippen molar-refractivity contribution >= 4 is 6.71 Å². The third kappa shape index (κ3) is 32.2. The summed E-state index contributed by atoms with van der Waals surface area (Å²) in [6, 6.07) is 0. The largest absolute Gasteiger partial charge is 0.139 e. The fourth-order valence-corrected chi connectivity index (χ4v) is 6.19. The lowest BCUT2D eigenvalue weighted by molar-refractivity contribution is 0.557. The van der Waals surface area contributed by atoms with E-state index in [1.165, 1.54) is 212 Å². The molecule has 0 nitrogen and oxygen atoms in total. The van der Waals surface area contributed by atoms with Gasteiger partial charge in [0.05, 0.1) is 0 Å². The van der Waals surface area contributed by atoms with Crippen molar-refractivity contribution in [1.82, 2.24) is 0 Å². The Morgan fingerprint density at radius 2 is 0.378 bits per heavy atom. The van der Waals surface area contributed by atoms with Crippen LogP contribution in [-0.4, -0.2) is 6.71 Å². The standard InChI is InChI=1S/C36H75B/c1-4-7-10-13-16-19-22-25-28-31-34-37(35-32-29-26-23-20-17-14-11-8-5-2)36-33-30-27-24-21-18-15-12-9-6-3/h4-36H2,1-3H3. The van der Waals surface area contributed by atoms with Crippen LogP contribution in [0.1, 0.15) is 213 Å². The average Bonchev–Trinajstić information content (AvgIpc) is 2.91. The maximum atomic E-state index is 2.32. The molecule has 0 radical (unpaired) electrons. The lowest BCUT2D eigenvalue weighted by Crippen LogP contribution is -2.12. The van der Waals surface area contributed by atoms with Gasteiger partial charge >= 0.3 is 0 Å². The highest BCUT2D eigenvalue weighted by atomic mass is 14.0. The summed E-state index contributed by atoms with van der Waals surface area (Å²) in [5.41, 5.74) is 0. The first-order chi connectivity index (χ1) is 18.3. The van der Waals surface area contributed by atoms with Gasteiger partial charge in [0.2, 0.25) is 0 Å². The highest BCUT2D eigenvalue weighted by Gasteiger charge is 2.12. The monoisotopic (exact) mass is 519 g/mol. The van der Waals surface area contributed by atoms with Crippen LogP contribution in [0.3, 0.4) is 0 Å². The first kappa shape index (κ1) is 37.1. The first-order valence-corrected chi connectivity index (χ1v) is 18.3. The molecule has 0 aromatic carbocycles. The van der Waals surface area contributed by atoms with Crippen molar-refractivity contribution in [2.45, 2.75) is 232 Å². The minimum absolute atomic E-state index is 1.04. The number of hydrogen-bond acceptors (Lipinski definition) is 0. The van der Waals surface area contributed by atoms with Gasteiger partial charge in [-0.1, -0.05) is 232 Å². The van der Waals surface area contributed by atoms with Crippen molar-refractivity contribution in [1.29, 1.82) is 0 Å². The summed E-state index contributed by atoms with van der Waals surface area (Å²) in [5.74, 6) is 0. The SMILES string of the molecule is CCCCCCCCCCCCB(CCCCCCCCCCCC)CCCCCCCCCCCC. The number of rotatable bonds is 33. The molecule has 0 spiro atoms. The topological polar surface area (TPSA) is 0 Å². The third-order valence-electron chi connectivity index (χ3n) is 8.90. The zero-order chi connectivity index (χ0) is 26.9. The zero-order valence-electron chi connectivity index (χ0n) is 26.9. The molecule has 0 N–H and O–H groups in total. The molecule has 222 valence electrons. The molecule has 0 atom stereocenters. The van der Waals surface area contributed by atoms with Crippen LogP contribution < -0.4 is 0 Å². The molecule has 0 aliphatic heterocycles. The van der Waals surface area contributed by atoms with Gasteiger partial charge in [0.15, 0.2) is 0 Å². The van der Waals surface area contributed by atoms with E-state index in [2.05, 4.69) is 20.8 Å². The van der Waals surface area contributed by atoms with Gasteiger partial charge in [0.25, 0.3) is 0 Å². The van der Waals surface area contributed by atoms with Crippen molar-refractivity contribution in [2.75, 3.05) is 0 Å². The normalized spacial score (nSPS) is 11.4. The van der Waals surface area contributed by atoms with Crippen LogP contribution in [0.15, 0.2) is 0 Å². The molecular weight excluding hydrogens is 443 g/mol. The summed E-state index contributed by atoms with van der Waals surface area (Å²) in [4.78, 5) is 0. The highest BCUT2D eigenvalue weighted by molar-refractivity contribution is 6.58. The molecule has 0 rings (SSSR count). The minimum atomic E-state index is 1.04. The van der Waals surface area contributed by atoms with Gasteiger partial charge in [-0.3, -0.25) is 0 Å². The Balaban J connectivity index is 3.87. The van der Waals surface area contributed by atoms with Crippen LogP contribution in [0, 0.1) is 0 Å². The maximum absolute atomic E-state index is 2.32. The molecule has 0 aromatic rings. The fraction of sp³-hybridized carbons (Fsp3) is 1.00. The van der Waals surface area contributed by atoms with Crippen LogP contribution in [0.5, 0.6) is 0 Å². The summed E-state index contributed by atoms with van der Waals surface area (Å²) in [7, 11) is 0. The van der Waals surface area contributed by atoms with Gasteiger partial charge in [-0.2, -0.15) is 0 Å². The van der Waals surface area contributed by atoms with Crippen LogP contribution in [0.2, 0.25) is 19.0 Å². The fourth-order valence-electron chi connectivity index (χ4n) is 6.19. The average molecular weight is 519 g/mol. The van der Waals surface area contributed by atoms with E-state index in [4.69, 9.17) is 0 Å². The summed E-state index contributed by atoms with van der Waals surface area (Å²) >= 11 is 0. The van der Waals surface area contributed by atoms with Crippen LogP contribution >= 0.6 is 0 Å². The van der Waals surface area contributed by atoms with Crippen molar-refractivity contribution in [3.05, 3.63) is 0 Å². The summed E-state index contributed by atoms with van der Waals surface area (Å²) < 4.78 is 0. The van der Waals surface area contributed by atoms with E-state index in [1.807, 2.05) is 0 Å². The molecule has 0 aliphatic rings. The van der Waals surface area contributed by atoms with Gasteiger partial charge in [0, 0.05) is 0 Å². The van der Waals surface area contributed by atoms with E-state index < -0.39 is 0 Å². The first-order valence-electron chi connectivity index (χ1n) is 18.3. The smallest absolute Gasteiger partial charge is 0.0741 e. The van der Waals surface area contributed by atoms with Gasteiger partial charge in [0.1, 0.15) is 6.71 Å². The zero-order valence-corrected chi connectivity index (χ0v) is 26.9. The molecule has 0 aromatic heterocycles. The second kappa shape index (κ2) is 34.1. The summed E-state index contributed by atoms with van der Waals surface area (Å²) in [6.45, 7) is 8.00. The summed E-state index contributed by atoms with van der Waals surface area (Å²) in [6.07, 6.45) is 48.8. The van der Waals surface area contributed by atoms with Crippen molar-refractivity contribution < 1.29 is 0 Å². The molecular formula is C36H75B. The molecule has 0 aliphatic carbocycles. The predicted molar refractivity (Wildman–Crippen MR) is 176 cm³/mol. The molecule has 0 heterocycles. The van der Waals surface area contributed by atoms with E-state index >= 15 is 0 Å². The molecule has 0 saturated heterocycles. The van der Waals surface area contributed by atoms with Crippen molar-refractivity contribution in [3.63, 3.8) is 0 Å². The maximum Gasteiger partial charge on any atom is 0.139 e. The third-order valence-corrected chi connectivity index (χ3v) is 8.90. The van der Waals surface area contributed by atoms with E-state index in [0.717, 1.165) is 6.71 Å². The van der Waals surface area contributed by atoms with Crippen LogP contribution in [-0.2, 0) is 0 Å². The van der Waals surface area contributed by atoms with E-state index in [0.29, 0.717) is 0 Å². The molecule has 0 unspecified atom stereocenters. The molecule has 1 heteroatoms. The quantitative estimate of drug-likeness (QED) is 0.0598. The van der Waals surface area contributed by atoms with E-state index in [-0.39, 0.29) is 0 Å². The Hall–Kier alpha value is 0.0649. The predicted octanol–water partition coefficient (Wildman–Crippen LogP) is 14.2. The van der Waals surface area contributed by atoms with E-state index in [9.17, 15) is 0 Å². The van der Waals surface area contributed by atoms with Crippen LogP contribution in [0.4, 0.5) is 0 Å². The Bertz CT molecular complexity index is 322. The second-order valence-electron chi connectivity index (χ2n) is 12.8. The highest BCUT2D eigenvalue weighted by Crippen LogP contribution is 2.21. The Kier molecular flexibility index (Phi) is 34.2. The van der Waals surface area contributed by atoms with Gasteiger partial charge < -0.3 is 0 Å². The number of hydrogen-bond donors (Lipinski definition) is 0. The number of unbranched alkanes of at least 4 members (excludes halogenated alkanes) is 27. The Morgan fingerprint density at radius 3 is 0.568 bits per heavy atom.